The van der Waals surface area contributed by atoms with Crippen LogP contribution in [-0.2, 0) is 4.79 Å². The topological polar surface area (TPSA) is 52.6 Å². The molecule has 2 fully saturated rings. The van der Waals surface area contributed by atoms with Crippen molar-refractivity contribution in [2.75, 3.05) is 26.2 Å². The molecule has 0 aromatic carbocycles. The van der Waals surface area contributed by atoms with Crippen LogP contribution < -0.4 is 5.32 Å². The second-order valence-corrected chi connectivity index (χ2v) is 4.17. The van der Waals surface area contributed by atoms with Crippen LogP contribution in [0.2, 0.25) is 0 Å². The number of aliphatic hydroxyl groups excluding tert-OH is 1. The molecule has 0 saturated carbocycles. The molecule has 2 aliphatic heterocycles. The van der Waals surface area contributed by atoms with Crippen molar-refractivity contribution < 1.29 is 9.90 Å². The van der Waals surface area contributed by atoms with Crippen LogP contribution in [0.15, 0.2) is 0 Å². The zero-order valence-corrected chi connectivity index (χ0v) is 8.41. The van der Waals surface area contributed by atoms with Crippen LogP contribution in [0.4, 0.5) is 0 Å². The molecule has 2 heterocycles. The minimum Gasteiger partial charge on any atom is -0.396 e. The van der Waals surface area contributed by atoms with Gasteiger partial charge >= 0.3 is 0 Å². The largest absolute Gasteiger partial charge is 0.396 e. The van der Waals surface area contributed by atoms with E-state index in [-0.39, 0.29) is 18.4 Å². The van der Waals surface area contributed by atoms with Gasteiger partial charge in [-0.1, -0.05) is 0 Å². The number of hydrogen-bond acceptors (Lipinski definition) is 3. The van der Waals surface area contributed by atoms with E-state index in [4.69, 9.17) is 5.11 Å². The molecule has 0 aromatic rings. The first kappa shape index (κ1) is 9.93. The van der Waals surface area contributed by atoms with Gasteiger partial charge in [0, 0.05) is 25.7 Å². The fourth-order valence-corrected chi connectivity index (χ4v) is 2.47. The molecule has 2 N–H and O–H groups in total. The summed E-state index contributed by atoms with van der Waals surface area (Å²) in [5.41, 5.74) is 0. The highest BCUT2D eigenvalue weighted by Gasteiger charge is 2.40. The quantitative estimate of drug-likeness (QED) is 0.647. The molecule has 2 saturated heterocycles. The average molecular weight is 198 g/mol. The molecule has 1 amide bonds. The predicted molar refractivity (Wildman–Crippen MR) is 52.8 cm³/mol. The van der Waals surface area contributed by atoms with Gasteiger partial charge in [-0.2, -0.15) is 0 Å². The Hall–Kier alpha value is -0.610. The molecule has 2 unspecified atom stereocenters. The van der Waals surface area contributed by atoms with Crippen molar-refractivity contribution in [3.63, 3.8) is 0 Å². The van der Waals surface area contributed by atoms with Gasteiger partial charge in [0.1, 0.15) is 0 Å². The Kier molecular flexibility index (Phi) is 3.03. The number of nitrogens with one attached hydrogen (secondary N) is 1. The molecular weight excluding hydrogens is 180 g/mol. The molecule has 0 radical (unpaired) electrons. The Morgan fingerprint density at radius 3 is 3.14 bits per heavy atom. The van der Waals surface area contributed by atoms with Crippen LogP contribution in [0.1, 0.15) is 19.3 Å². The zero-order valence-electron chi connectivity index (χ0n) is 8.41. The second kappa shape index (κ2) is 4.28. The van der Waals surface area contributed by atoms with Crippen molar-refractivity contribution in [1.82, 2.24) is 10.2 Å². The van der Waals surface area contributed by atoms with Gasteiger partial charge in [0.15, 0.2) is 0 Å². The van der Waals surface area contributed by atoms with E-state index in [0.717, 1.165) is 25.9 Å². The van der Waals surface area contributed by atoms with E-state index < -0.39 is 0 Å². The SMILES string of the molecule is O=C1C2CCCNC2CN1CCCO. The molecule has 4 nitrogen and oxygen atoms in total. The van der Waals surface area contributed by atoms with E-state index in [1.165, 1.54) is 0 Å². The van der Waals surface area contributed by atoms with Crippen LogP contribution in [0.5, 0.6) is 0 Å². The first-order valence-corrected chi connectivity index (χ1v) is 5.46. The highest BCUT2D eigenvalue weighted by Crippen LogP contribution is 2.26. The van der Waals surface area contributed by atoms with Gasteiger partial charge in [0.25, 0.3) is 0 Å². The number of likely N-dealkylation sites (tertiary alicyclic amines) is 1. The van der Waals surface area contributed by atoms with E-state index in [1.54, 1.807) is 0 Å². The summed E-state index contributed by atoms with van der Waals surface area (Å²) < 4.78 is 0. The van der Waals surface area contributed by atoms with Gasteiger partial charge in [-0.15, -0.1) is 0 Å². The second-order valence-electron chi connectivity index (χ2n) is 4.17. The van der Waals surface area contributed by atoms with Gasteiger partial charge < -0.3 is 15.3 Å². The Labute approximate surface area is 84.3 Å². The lowest BCUT2D eigenvalue weighted by molar-refractivity contribution is -0.131. The summed E-state index contributed by atoms with van der Waals surface area (Å²) >= 11 is 0. The Morgan fingerprint density at radius 1 is 1.57 bits per heavy atom. The summed E-state index contributed by atoms with van der Waals surface area (Å²) in [5.74, 6) is 0.498. The highest BCUT2D eigenvalue weighted by atomic mass is 16.3. The maximum absolute atomic E-state index is 11.8. The number of piperidine rings is 1. The lowest BCUT2D eigenvalue weighted by Gasteiger charge is -2.23. The summed E-state index contributed by atoms with van der Waals surface area (Å²) in [6.45, 7) is 2.77. The van der Waals surface area contributed by atoms with Crippen LogP contribution in [-0.4, -0.2) is 48.2 Å². The van der Waals surface area contributed by atoms with E-state index in [2.05, 4.69) is 5.32 Å². The van der Waals surface area contributed by atoms with Gasteiger partial charge in [0.2, 0.25) is 5.91 Å². The van der Waals surface area contributed by atoms with Crippen molar-refractivity contribution in [1.29, 1.82) is 0 Å². The van der Waals surface area contributed by atoms with E-state index >= 15 is 0 Å². The van der Waals surface area contributed by atoms with Gasteiger partial charge in [0.05, 0.1) is 5.92 Å². The lowest BCUT2D eigenvalue weighted by atomic mass is 9.94. The molecule has 0 spiro atoms. The minimum atomic E-state index is 0.173. The molecule has 2 atom stereocenters. The number of amides is 1. The number of hydrogen-bond donors (Lipinski definition) is 2. The molecule has 14 heavy (non-hydrogen) atoms. The standard InChI is InChI=1S/C10H18N2O2/c13-6-2-5-12-7-9-8(10(12)14)3-1-4-11-9/h8-9,11,13H,1-7H2. The maximum atomic E-state index is 11.8. The maximum Gasteiger partial charge on any atom is 0.227 e. The van der Waals surface area contributed by atoms with Crippen molar-refractivity contribution in [3.05, 3.63) is 0 Å². The lowest BCUT2D eigenvalue weighted by Crippen LogP contribution is -2.41. The molecular formula is C10H18N2O2. The number of nitrogens with zero attached hydrogens (tertiary/aromatic N) is 1. The molecule has 0 bridgehead atoms. The number of aliphatic hydroxyl groups is 1. The van der Waals surface area contributed by atoms with Gasteiger partial charge in [-0.05, 0) is 25.8 Å². The van der Waals surface area contributed by atoms with Crippen molar-refractivity contribution in [2.24, 2.45) is 5.92 Å². The molecule has 2 aliphatic rings. The summed E-state index contributed by atoms with van der Waals surface area (Å²) in [6.07, 6.45) is 2.85. The summed E-state index contributed by atoms with van der Waals surface area (Å²) in [6, 6.07) is 0.370. The Balaban J connectivity index is 1.92. The minimum absolute atomic E-state index is 0.173. The Bertz CT molecular complexity index is 220. The number of carbonyl (C=O) groups is 1. The molecule has 0 aliphatic carbocycles. The van der Waals surface area contributed by atoms with Crippen molar-refractivity contribution in [3.8, 4) is 0 Å². The summed E-state index contributed by atoms with van der Waals surface area (Å²) in [5, 5.41) is 12.1. The number of fused-ring (bicyclic) bond motifs is 1. The van der Waals surface area contributed by atoms with E-state index in [0.29, 0.717) is 19.0 Å². The number of rotatable bonds is 3. The van der Waals surface area contributed by atoms with Crippen molar-refractivity contribution >= 4 is 5.91 Å². The van der Waals surface area contributed by atoms with Gasteiger partial charge in [-0.3, -0.25) is 4.79 Å². The van der Waals surface area contributed by atoms with Crippen LogP contribution in [0.3, 0.4) is 0 Å². The van der Waals surface area contributed by atoms with Crippen molar-refractivity contribution in [2.45, 2.75) is 25.3 Å². The highest BCUT2D eigenvalue weighted by molar-refractivity contribution is 5.82. The summed E-state index contributed by atoms with van der Waals surface area (Å²) in [7, 11) is 0. The van der Waals surface area contributed by atoms with E-state index in [1.807, 2.05) is 4.90 Å². The molecule has 4 heteroatoms. The first-order valence-electron chi connectivity index (χ1n) is 5.46. The third kappa shape index (κ3) is 1.77. The smallest absolute Gasteiger partial charge is 0.227 e. The fourth-order valence-electron chi connectivity index (χ4n) is 2.47. The van der Waals surface area contributed by atoms with E-state index in [9.17, 15) is 4.79 Å². The Morgan fingerprint density at radius 2 is 2.43 bits per heavy atom. The van der Waals surface area contributed by atoms with Crippen LogP contribution >= 0.6 is 0 Å². The number of carbonyl (C=O) groups excluding carboxylic acids is 1. The molecule has 80 valence electrons. The third-order valence-electron chi connectivity index (χ3n) is 3.22. The zero-order chi connectivity index (χ0) is 9.97. The molecule has 2 rings (SSSR count). The third-order valence-corrected chi connectivity index (χ3v) is 3.22. The van der Waals surface area contributed by atoms with Crippen LogP contribution in [0, 0.1) is 5.92 Å². The van der Waals surface area contributed by atoms with Crippen LogP contribution in [0.25, 0.3) is 0 Å². The first-order chi connectivity index (χ1) is 6.83. The summed E-state index contributed by atoms with van der Waals surface area (Å²) in [4.78, 5) is 13.7. The molecule has 0 aromatic heterocycles. The van der Waals surface area contributed by atoms with Gasteiger partial charge in [-0.25, -0.2) is 0 Å². The normalized spacial score (nSPS) is 32.1. The predicted octanol–water partition coefficient (Wildman–Crippen LogP) is -0.421. The monoisotopic (exact) mass is 198 g/mol. The average Bonchev–Trinajstić information content (AvgIpc) is 2.54. The fraction of sp³-hybridized carbons (Fsp3) is 0.900.